The second-order valence-corrected chi connectivity index (χ2v) is 4.94. The molecular formula is C8H10F3N3O2S. The fourth-order valence-corrected chi connectivity index (χ4v) is 1.92. The first-order valence-corrected chi connectivity index (χ1v) is 5.82. The number of nitrogens with two attached hydrogens (primary N) is 1. The molecule has 0 amide bonds. The van der Waals surface area contributed by atoms with Gasteiger partial charge in [-0.2, -0.15) is 13.2 Å². The zero-order valence-electron chi connectivity index (χ0n) is 8.67. The van der Waals surface area contributed by atoms with E-state index in [2.05, 4.69) is 0 Å². The Kier molecular flexibility index (Phi) is 3.65. The predicted molar refractivity (Wildman–Crippen MR) is 55.5 cm³/mol. The lowest BCUT2D eigenvalue weighted by molar-refractivity contribution is -0.137. The van der Waals surface area contributed by atoms with E-state index >= 15 is 0 Å². The van der Waals surface area contributed by atoms with E-state index in [0.29, 0.717) is 6.07 Å². The van der Waals surface area contributed by atoms with Crippen molar-refractivity contribution < 1.29 is 21.6 Å². The van der Waals surface area contributed by atoms with Crippen LogP contribution in [0.25, 0.3) is 0 Å². The average Bonchev–Trinajstić information content (AvgIpc) is 2.27. The zero-order chi connectivity index (χ0) is 13.3. The van der Waals surface area contributed by atoms with Gasteiger partial charge in [0.05, 0.1) is 16.1 Å². The SMILES string of the molecule is CNS(=O)(=O)c1ccc(NN)c(C(F)(F)F)c1. The topological polar surface area (TPSA) is 84.2 Å². The number of anilines is 1. The fourth-order valence-electron chi connectivity index (χ4n) is 1.17. The van der Waals surface area contributed by atoms with E-state index in [4.69, 9.17) is 5.84 Å². The van der Waals surface area contributed by atoms with Crippen LogP contribution in [0.2, 0.25) is 0 Å². The molecule has 1 aromatic carbocycles. The minimum absolute atomic E-state index is 0.396. The van der Waals surface area contributed by atoms with E-state index in [-0.39, 0.29) is 0 Å². The highest BCUT2D eigenvalue weighted by molar-refractivity contribution is 7.89. The number of hydrazine groups is 1. The van der Waals surface area contributed by atoms with Gasteiger partial charge in [0.15, 0.2) is 0 Å². The van der Waals surface area contributed by atoms with E-state index < -0.39 is 32.3 Å². The third-order valence-corrected chi connectivity index (χ3v) is 3.44. The normalized spacial score (nSPS) is 12.5. The third kappa shape index (κ3) is 2.87. The predicted octanol–water partition coefficient (Wildman–Crippen LogP) is 0.899. The Bertz CT molecular complexity index is 513. The highest BCUT2D eigenvalue weighted by Crippen LogP contribution is 2.35. The van der Waals surface area contributed by atoms with Crippen molar-refractivity contribution in [2.24, 2.45) is 5.84 Å². The first-order valence-electron chi connectivity index (χ1n) is 4.34. The molecule has 9 heteroatoms. The van der Waals surface area contributed by atoms with Crippen molar-refractivity contribution in [3.05, 3.63) is 23.8 Å². The number of nitrogen functional groups attached to an aromatic ring is 1. The number of sulfonamides is 1. The van der Waals surface area contributed by atoms with Crippen LogP contribution in [-0.2, 0) is 16.2 Å². The van der Waals surface area contributed by atoms with E-state index in [1.54, 1.807) is 0 Å². The fraction of sp³-hybridized carbons (Fsp3) is 0.250. The monoisotopic (exact) mass is 269 g/mol. The van der Waals surface area contributed by atoms with Crippen LogP contribution in [0.15, 0.2) is 23.1 Å². The molecule has 0 spiro atoms. The van der Waals surface area contributed by atoms with Crippen molar-refractivity contribution in [2.75, 3.05) is 12.5 Å². The van der Waals surface area contributed by atoms with Crippen molar-refractivity contribution in [1.29, 1.82) is 0 Å². The van der Waals surface area contributed by atoms with Crippen LogP contribution in [0, 0.1) is 0 Å². The van der Waals surface area contributed by atoms with Crippen molar-refractivity contribution in [2.45, 2.75) is 11.1 Å². The molecule has 4 N–H and O–H groups in total. The van der Waals surface area contributed by atoms with Gasteiger partial charge in [-0.1, -0.05) is 0 Å². The minimum Gasteiger partial charge on any atom is -0.324 e. The number of benzene rings is 1. The second kappa shape index (κ2) is 4.51. The van der Waals surface area contributed by atoms with Crippen LogP contribution < -0.4 is 16.0 Å². The van der Waals surface area contributed by atoms with Gasteiger partial charge in [0.25, 0.3) is 0 Å². The van der Waals surface area contributed by atoms with Gasteiger partial charge in [-0.25, -0.2) is 13.1 Å². The molecule has 1 aromatic rings. The number of alkyl halides is 3. The molecule has 0 saturated carbocycles. The summed E-state index contributed by atoms with van der Waals surface area (Å²) in [6, 6.07) is 2.49. The van der Waals surface area contributed by atoms with Gasteiger partial charge >= 0.3 is 6.18 Å². The summed E-state index contributed by atoms with van der Waals surface area (Å²) in [5, 5.41) is 0. The summed E-state index contributed by atoms with van der Waals surface area (Å²) in [6.07, 6.45) is -4.69. The van der Waals surface area contributed by atoms with Gasteiger partial charge in [0.1, 0.15) is 0 Å². The van der Waals surface area contributed by atoms with Crippen molar-refractivity contribution in [1.82, 2.24) is 4.72 Å². The molecule has 0 radical (unpaired) electrons. The smallest absolute Gasteiger partial charge is 0.324 e. The van der Waals surface area contributed by atoms with Gasteiger partial charge in [-0.15, -0.1) is 0 Å². The van der Waals surface area contributed by atoms with E-state index in [0.717, 1.165) is 19.2 Å². The molecule has 0 aliphatic rings. The molecule has 1 rings (SSSR count). The molecule has 96 valence electrons. The number of nitrogens with one attached hydrogen (secondary N) is 2. The molecule has 0 heterocycles. The standard InChI is InChI=1S/C8H10F3N3O2S/c1-13-17(15,16)5-2-3-7(14-12)6(4-5)8(9,10)11/h2-4,13-14H,12H2,1H3. The second-order valence-electron chi connectivity index (χ2n) is 3.06. The van der Waals surface area contributed by atoms with Crippen molar-refractivity contribution in [3.8, 4) is 0 Å². The average molecular weight is 269 g/mol. The van der Waals surface area contributed by atoms with Crippen molar-refractivity contribution in [3.63, 3.8) is 0 Å². The summed E-state index contributed by atoms with van der Waals surface area (Å²) < 4.78 is 62.4. The minimum atomic E-state index is -4.69. The molecule has 0 saturated heterocycles. The molecule has 0 fully saturated rings. The van der Waals surface area contributed by atoms with Crippen LogP contribution in [0.1, 0.15) is 5.56 Å². The van der Waals surface area contributed by atoms with E-state index in [9.17, 15) is 21.6 Å². The van der Waals surface area contributed by atoms with Gasteiger partial charge < -0.3 is 5.43 Å². The largest absolute Gasteiger partial charge is 0.418 e. The highest BCUT2D eigenvalue weighted by atomic mass is 32.2. The van der Waals surface area contributed by atoms with E-state index in [1.807, 2.05) is 10.1 Å². The molecule has 17 heavy (non-hydrogen) atoms. The Morgan fingerprint density at radius 1 is 1.29 bits per heavy atom. The Morgan fingerprint density at radius 3 is 2.29 bits per heavy atom. The maximum atomic E-state index is 12.6. The van der Waals surface area contributed by atoms with Gasteiger partial charge in [-0.3, -0.25) is 5.84 Å². The lowest BCUT2D eigenvalue weighted by atomic mass is 10.2. The summed E-state index contributed by atoms with van der Waals surface area (Å²) in [7, 11) is -2.82. The Morgan fingerprint density at radius 2 is 1.88 bits per heavy atom. The summed E-state index contributed by atoms with van der Waals surface area (Å²) in [4.78, 5) is -0.480. The Balaban J connectivity index is 3.44. The molecule has 0 bridgehead atoms. The van der Waals surface area contributed by atoms with Crippen LogP contribution in [0.5, 0.6) is 0 Å². The summed E-state index contributed by atoms with van der Waals surface area (Å²) in [5.74, 6) is 4.92. The Hall–Kier alpha value is -1.32. The maximum absolute atomic E-state index is 12.6. The van der Waals surface area contributed by atoms with Crippen LogP contribution >= 0.6 is 0 Å². The van der Waals surface area contributed by atoms with Crippen LogP contribution in [0.3, 0.4) is 0 Å². The molecule has 5 nitrogen and oxygen atoms in total. The molecular weight excluding hydrogens is 259 g/mol. The number of rotatable bonds is 3. The summed E-state index contributed by atoms with van der Waals surface area (Å²) in [5.41, 5.74) is 0.325. The summed E-state index contributed by atoms with van der Waals surface area (Å²) >= 11 is 0. The Labute approximate surface area is 95.8 Å². The quantitative estimate of drug-likeness (QED) is 0.562. The molecule has 0 unspecified atom stereocenters. The first kappa shape index (κ1) is 13.7. The lowest BCUT2D eigenvalue weighted by Crippen LogP contribution is -2.21. The van der Waals surface area contributed by atoms with Crippen LogP contribution in [-0.4, -0.2) is 15.5 Å². The van der Waals surface area contributed by atoms with Gasteiger partial charge in [-0.05, 0) is 25.2 Å². The van der Waals surface area contributed by atoms with Gasteiger partial charge in [0, 0.05) is 0 Å². The first-order chi connectivity index (χ1) is 7.72. The molecule has 0 aliphatic carbocycles. The molecule has 0 aliphatic heterocycles. The zero-order valence-corrected chi connectivity index (χ0v) is 9.48. The third-order valence-electron chi connectivity index (χ3n) is 2.03. The highest BCUT2D eigenvalue weighted by Gasteiger charge is 2.34. The van der Waals surface area contributed by atoms with E-state index in [1.165, 1.54) is 0 Å². The number of halogens is 3. The molecule has 0 aromatic heterocycles. The number of hydrogen-bond acceptors (Lipinski definition) is 4. The number of hydrogen-bond donors (Lipinski definition) is 3. The van der Waals surface area contributed by atoms with Gasteiger partial charge in [0.2, 0.25) is 10.0 Å². The molecule has 0 atom stereocenters. The lowest BCUT2D eigenvalue weighted by Gasteiger charge is -2.13. The van der Waals surface area contributed by atoms with Crippen LogP contribution in [0.4, 0.5) is 18.9 Å². The van der Waals surface area contributed by atoms with Crippen molar-refractivity contribution >= 4 is 15.7 Å². The summed E-state index contributed by atoms with van der Waals surface area (Å²) in [6.45, 7) is 0. The maximum Gasteiger partial charge on any atom is 0.418 e.